The van der Waals surface area contributed by atoms with E-state index in [1.54, 1.807) is 17.9 Å². The van der Waals surface area contributed by atoms with Gasteiger partial charge in [0.2, 0.25) is 0 Å². The molecule has 8 nitrogen and oxygen atoms in total. The third-order valence-corrected chi connectivity index (χ3v) is 2.49. The molecule has 2 heterocycles. The minimum absolute atomic E-state index is 0.126. The molecule has 0 radical (unpaired) electrons. The first-order valence-corrected chi connectivity index (χ1v) is 5.62. The summed E-state index contributed by atoms with van der Waals surface area (Å²) in [5.41, 5.74) is 0.232. The van der Waals surface area contributed by atoms with Crippen molar-refractivity contribution in [3.05, 3.63) is 29.8 Å². The number of anilines is 1. The van der Waals surface area contributed by atoms with Crippen molar-refractivity contribution in [1.82, 2.24) is 19.6 Å². The zero-order valence-electron chi connectivity index (χ0n) is 10.5. The Balaban J connectivity index is 2.22. The molecule has 2 aromatic heterocycles. The molecule has 0 aliphatic carbocycles. The molecule has 0 atom stereocenters. The summed E-state index contributed by atoms with van der Waals surface area (Å²) < 4.78 is 2.93. The standard InChI is InChI=1S/C11H13N5O3/c1-3-16-5-7(4-12-16)13-10(17)9-8(11(18)19)6-15(2)14-9/h4-6H,3H2,1-2H3,(H,13,17)(H,18,19). The van der Waals surface area contributed by atoms with Crippen LogP contribution in [0.5, 0.6) is 0 Å². The molecule has 0 fully saturated rings. The molecule has 2 rings (SSSR count). The number of carbonyl (C=O) groups excluding carboxylic acids is 1. The zero-order valence-corrected chi connectivity index (χ0v) is 10.5. The van der Waals surface area contributed by atoms with E-state index < -0.39 is 11.9 Å². The second-order valence-electron chi connectivity index (χ2n) is 3.91. The number of nitrogens with one attached hydrogen (secondary N) is 1. The number of carboxylic acids is 1. The van der Waals surface area contributed by atoms with Crippen LogP contribution in [0.25, 0.3) is 0 Å². The quantitative estimate of drug-likeness (QED) is 0.840. The van der Waals surface area contributed by atoms with Crippen molar-refractivity contribution in [3.63, 3.8) is 0 Å². The molecule has 0 saturated carbocycles. The van der Waals surface area contributed by atoms with Gasteiger partial charge in [0.1, 0.15) is 5.56 Å². The summed E-state index contributed by atoms with van der Waals surface area (Å²) in [5, 5.41) is 19.4. The smallest absolute Gasteiger partial charge is 0.339 e. The molecule has 19 heavy (non-hydrogen) atoms. The Hall–Kier alpha value is -2.64. The molecule has 0 aromatic carbocycles. The molecular weight excluding hydrogens is 250 g/mol. The predicted molar refractivity (Wildman–Crippen MR) is 66.0 cm³/mol. The summed E-state index contributed by atoms with van der Waals surface area (Å²) in [6.07, 6.45) is 4.43. The van der Waals surface area contributed by atoms with Gasteiger partial charge in [-0.15, -0.1) is 0 Å². The number of carbonyl (C=O) groups is 2. The molecule has 0 unspecified atom stereocenters. The number of carboxylic acid groups (broad SMARTS) is 1. The monoisotopic (exact) mass is 263 g/mol. The second kappa shape index (κ2) is 4.92. The number of hydrogen-bond donors (Lipinski definition) is 2. The topological polar surface area (TPSA) is 102 Å². The van der Waals surface area contributed by atoms with Gasteiger partial charge in [-0.1, -0.05) is 0 Å². The van der Waals surface area contributed by atoms with E-state index in [2.05, 4.69) is 15.5 Å². The van der Waals surface area contributed by atoms with E-state index in [9.17, 15) is 9.59 Å². The maximum absolute atomic E-state index is 12.0. The number of aromatic carboxylic acids is 1. The molecule has 0 aliphatic rings. The van der Waals surface area contributed by atoms with Crippen LogP contribution in [0, 0.1) is 0 Å². The number of amides is 1. The van der Waals surface area contributed by atoms with E-state index in [0.717, 1.165) is 0 Å². The van der Waals surface area contributed by atoms with Crippen molar-refractivity contribution in [3.8, 4) is 0 Å². The van der Waals surface area contributed by atoms with Crippen molar-refractivity contribution in [2.45, 2.75) is 13.5 Å². The van der Waals surface area contributed by atoms with Gasteiger partial charge in [-0.3, -0.25) is 14.2 Å². The Morgan fingerprint density at radius 1 is 1.42 bits per heavy atom. The molecule has 0 spiro atoms. The largest absolute Gasteiger partial charge is 0.478 e. The minimum atomic E-state index is -1.19. The lowest BCUT2D eigenvalue weighted by molar-refractivity contribution is 0.0692. The lowest BCUT2D eigenvalue weighted by atomic mass is 10.2. The van der Waals surface area contributed by atoms with Crippen molar-refractivity contribution in [2.24, 2.45) is 7.05 Å². The van der Waals surface area contributed by atoms with E-state index in [-0.39, 0.29) is 11.3 Å². The molecule has 100 valence electrons. The summed E-state index contributed by atoms with van der Waals surface area (Å²) in [5.74, 6) is -1.77. The minimum Gasteiger partial charge on any atom is -0.478 e. The molecule has 0 aliphatic heterocycles. The van der Waals surface area contributed by atoms with E-state index in [1.165, 1.54) is 17.1 Å². The van der Waals surface area contributed by atoms with Crippen LogP contribution in [0.3, 0.4) is 0 Å². The van der Waals surface area contributed by atoms with Gasteiger partial charge >= 0.3 is 5.97 Å². The Bertz CT molecular complexity index is 628. The van der Waals surface area contributed by atoms with Gasteiger partial charge < -0.3 is 10.4 Å². The fourth-order valence-corrected chi connectivity index (χ4v) is 1.60. The van der Waals surface area contributed by atoms with Gasteiger partial charge in [0.15, 0.2) is 5.69 Å². The van der Waals surface area contributed by atoms with Crippen LogP contribution in [0.1, 0.15) is 27.8 Å². The van der Waals surface area contributed by atoms with Crippen LogP contribution in [0.4, 0.5) is 5.69 Å². The fraction of sp³-hybridized carbons (Fsp3) is 0.273. The predicted octanol–water partition coefficient (Wildman–Crippen LogP) is 0.587. The lowest BCUT2D eigenvalue weighted by Gasteiger charge is -2.00. The average Bonchev–Trinajstić information content (AvgIpc) is 2.95. The SMILES string of the molecule is CCn1cc(NC(=O)c2nn(C)cc2C(=O)O)cn1. The highest BCUT2D eigenvalue weighted by molar-refractivity contribution is 6.09. The summed E-state index contributed by atoms with van der Waals surface area (Å²) in [6, 6.07) is 0. The normalized spacial score (nSPS) is 10.4. The van der Waals surface area contributed by atoms with Crippen LogP contribution in [0.15, 0.2) is 18.6 Å². The second-order valence-corrected chi connectivity index (χ2v) is 3.91. The van der Waals surface area contributed by atoms with Crippen LogP contribution < -0.4 is 5.32 Å². The van der Waals surface area contributed by atoms with Gasteiger partial charge in [0.05, 0.1) is 11.9 Å². The maximum Gasteiger partial charge on any atom is 0.339 e. The van der Waals surface area contributed by atoms with E-state index >= 15 is 0 Å². The number of nitrogens with zero attached hydrogens (tertiary/aromatic N) is 4. The molecule has 8 heteroatoms. The first kappa shape index (κ1) is 12.8. The summed E-state index contributed by atoms with van der Waals surface area (Å²) in [6.45, 7) is 2.60. The highest BCUT2D eigenvalue weighted by Gasteiger charge is 2.21. The number of hydrogen-bond acceptors (Lipinski definition) is 4. The van der Waals surface area contributed by atoms with E-state index in [0.29, 0.717) is 12.2 Å². The third-order valence-electron chi connectivity index (χ3n) is 2.49. The lowest BCUT2D eigenvalue weighted by Crippen LogP contribution is -2.16. The third kappa shape index (κ3) is 2.62. The summed E-state index contributed by atoms with van der Waals surface area (Å²) >= 11 is 0. The van der Waals surface area contributed by atoms with Crippen LogP contribution in [0.2, 0.25) is 0 Å². The van der Waals surface area contributed by atoms with Gasteiger partial charge in [-0.05, 0) is 6.92 Å². The molecular formula is C11H13N5O3. The van der Waals surface area contributed by atoms with E-state index in [1.807, 2.05) is 6.92 Å². The van der Waals surface area contributed by atoms with Crippen molar-refractivity contribution in [1.29, 1.82) is 0 Å². The average molecular weight is 263 g/mol. The van der Waals surface area contributed by atoms with Gasteiger partial charge in [-0.2, -0.15) is 10.2 Å². The molecule has 0 bridgehead atoms. The van der Waals surface area contributed by atoms with Crippen LogP contribution >= 0.6 is 0 Å². The Morgan fingerprint density at radius 3 is 2.74 bits per heavy atom. The first-order valence-electron chi connectivity index (χ1n) is 5.62. The number of aromatic nitrogens is 4. The zero-order chi connectivity index (χ0) is 14.0. The number of aryl methyl sites for hydroxylation is 2. The van der Waals surface area contributed by atoms with E-state index in [4.69, 9.17) is 5.11 Å². The highest BCUT2D eigenvalue weighted by atomic mass is 16.4. The van der Waals surface area contributed by atoms with Gasteiger partial charge in [0.25, 0.3) is 5.91 Å². The highest BCUT2D eigenvalue weighted by Crippen LogP contribution is 2.11. The van der Waals surface area contributed by atoms with Crippen molar-refractivity contribution < 1.29 is 14.7 Å². The molecule has 0 saturated heterocycles. The van der Waals surface area contributed by atoms with Crippen molar-refractivity contribution >= 4 is 17.6 Å². The summed E-state index contributed by atoms with van der Waals surface area (Å²) in [7, 11) is 1.55. The molecule has 2 N–H and O–H groups in total. The molecule has 1 amide bonds. The number of rotatable bonds is 4. The summed E-state index contributed by atoms with van der Waals surface area (Å²) in [4.78, 5) is 23.0. The van der Waals surface area contributed by atoms with Crippen LogP contribution in [-0.4, -0.2) is 36.5 Å². The maximum atomic E-state index is 12.0. The Labute approximate surface area is 108 Å². The molecule has 2 aromatic rings. The first-order chi connectivity index (χ1) is 9.01. The fourth-order valence-electron chi connectivity index (χ4n) is 1.60. The Morgan fingerprint density at radius 2 is 2.16 bits per heavy atom. The van der Waals surface area contributed by atoms with Gasteiger partial charge in [0, 0.05) is 26.0 Å². The Kier molecular flexibility index (Phi) is 3.32. The van der Waals surface area contributed by atoms with Crippen LogP contribution in [-0.2, 0) is 13.6 Å². The van der Waals surface area contributed by atoms with Gasteiger partial charge in [-0.25, -0.2) is 4.79 Å². The van der Waals surface area contributed by atoms with Crippen molar-refractivity contribution in [2.75, 3.05) is 5.32 Å².